The van der Waals surface area contributed by atoms with Crippen LogP contribution in [0.15, 0.2) is 0 Å². The second-order valence-electron chi connectivity index (χ2n) is 3.99. The van der Waals surface area contributed by atoms with E-state index in [1.165, 1.54) is 0 Å². The van der Waals surface area contributed by atoms with Crippen LogP contribution in [0.2, 0.25) is 0 Å². The molecule has 1 N–H and O–H groups in total. The fourth-order valence-corrected chi connectivity index (χ4v) is 2.08. The molecule has 1 aliphatic carbocycles. The average molecular weight is 199 g/mol. The zero-order valence-corrected chi connectivity index (χ0v) is 8.49. The molecule has 0 radical (unpaired) electrons. The fraction of sp³-hybridized carbons (Fsp3) is 0.900. The van der Waals surface area contributed by atoms with Crippen molar-refractivity contribution < 1.29 is 14.3 Å². The topological polar surface area (TPSA) is 50.9 Å². The van der Waals surface area contributed by atoms with E-state index in [1.54, 1.807) is 0 Å². The summed E-state index contributed by atoms with van der Waals surface area (Å²) in [5.74, 6) is 0.572. The smallest absolute Gasteiger partial charge is 0.407 e. The van der Waals surface area contributed by atoms with Gasteiger partial charge in [-0.3, -0.25) is 0 Å². The van der Waals surface area contributed by atoms with Crippen LogP contribution in [0.5, 0.6) is 0 Å². The number of ether oxygens (including phenoxy) is 2. The van der Waals surface area contributed by atoms with E-state index in [4.69, 9.17) is 9.47 Å². The summed E-state index contributed by atoms with van der Waals surface area (Å²) < 4.78 is 10.2. The zero-order valence-electron chi connectivity index (χ0n) is 8.49. The molecule has 4 nitrogen and oxygen atoms in total. The fourth-order valence-electron chi connectivity index (χ4n) is 2.08. The van der Waals surface area contributed by atoms with Crippen LogP contribution in [0, 0.1) is 5.92 Å². The Kier molecular flexibility index (Phi) is 2.91. The first-order chi connectivity index (χ1) is 6.79. The van der Waals surface area contributed by atoms with Crippen molar-refractivity contribution in [3.63, 3.8) is 0 Å². The summed E-state index contributed by atoms with van der Waals surface area (Å²) in [7, 11) is 0. The Hall–Kier alpha value is -0.770. The zero-order chi connectivity index (χ0) is 9.97. The van der Waals surface area contributed by atoms with Gasteiger partial charge in [0.25, 0.3) is 0 Å². The van der Waals surface area contributed by atoms with Gasteiger partial charge < -0.3 is 14.8 Å². The van der Waals surface area contributed by atoms with Crippen molar-refractivity contribution in [1.29, 1.82) is 0 Å². The molecule has 0 aromatic heterocycles. The quantitative estimate of drug-likeness (QED) is 0.697. The molecule has 0 aromatic rings. The Labute approximate surface area is 84.0 Å². The van der Waals surface area contributed by atoms with Gasteiger partial charge in [-0.25, -0.2) is 4.79 Å². The second-order valence-corrected chi connectivity index (χ2v) is 3.99. The largest absolute Gasteiger partial charge is 0.450 e. The summed E-state index contributed by atoms with van der Waals surface area (Å²) in [5, 5.41) is 2.78. The van der Waals surface area contributed by atoms with Gasteiger partial charge in [-0.05, 0) is 32.1 Å². The van der Waals surface area contributed by atoms with Gasteiger partial charge in [0.15, 0.2) is 0 Å². The number of rotatable bonds is 3. The normalized spacial score (nSPS) is 34.5. The number of amides is 1. The number of hydrogen-bond acceptors (Lipinski definition) is 3. The molecule has 0 spiro atoms. The predicted octanol–water partition coefficient (Wildman–Crippen LogP) is 1.30. The third-order valence-corrected chi connectivity index (χ3v) is 2.92. The van der Waals surface area contributed by atoms with Crippen LogP contribution in [-0.4, -0.2) is 31.5 Å². The molecule has 1 saturated heterocycles. The highest BCUT2D eigenvalue weighted by molar-refractivity contribution is 5.66. The van der Waals surface area contributed by atoms with Gasteiger partial charge in [0.05, 0.1) is 18.8 Å². The lowest BCUT2D eigenvalue weighted by Crippen LogP contribution is -2.31. The third kappa shape index (κ3) is 2.38. The van der Waals surface area contributed by atoms with Crippen LogP contribution < -0.4 is 5.32 Å². The van der Waals surface area contributed by atoms with Gasteiger partial charge in [-0.15, -0.1) is 0 Å². The highest BCUT2D eigenvalue weighted by Crippen LogP contribution is 2.38. The lowest BCUT2D eigenvalue weighted by Gasteiger charge is -2.18. The van der Waals surface area contributed by atoms with E-state index in [2.05, 4.69) is 5.32 Å². The molecule has 2 fully saturated rings. The first-order valence-electron chi connectivity index (χ1n) is 5.35. The van der Waals surface area contributed by atoms with E-state index in [9.17, 15) is 4.79 Å². The number of alkyl carbamates (subject to hydrolysis) is 1. The Morgan fingerprint density at radius 2 is 2.36 bits per heavy atom. The first kappa shape index (κ1) is 9.77. The highest BCUT2D eigenvalue weighted by atomic mass is 16.6. The summed E-state index contributed by atoms with van der Waals surface area (Å²) in [5.41, 5.74) is 0. The highest BCUT2D eigenvalue weighted by Gasteiger charge is 2.43. The molecule has 1 heterocycles. The number of carbonyl (C=O) groups is 1. The van der Waals surface area contributed by atoms with E-state index in [0.29, 0.717) is 24.7 Å². The van der Waals surface area contributed by atoms with Gasteiger partial charge in [-0.1, -0.05) is 0 Å². The van der Waals surface area contributed by atoms with E-state index < -0.39 is 0 Å². The molecule has 14 heavy (non-hydrogen) atoms. The van der Waals surface area contributed by atoms with Crippen molar-refractivity contribution >= 4 is 6.09 Å². The van der Waals surface area contributed by atoms with Crippen LogP contribution in [0.1, 0.15) is 26.2 Å². The Morgan fingerprint density at radius 3 is 3.07 bits per heavy atom. The lowest BCUT2D eigenvalue weighted by molar-refractivity contribution is 0.149. The minimum Gasteiger partial charge on any atom is -0.450 e. The van der Waals surface area contributed by atoms with Crippen LogP contribution in [0.4, 0.5) is 4.79 Å². The van der Waals surface area contributed by atoms with Crippen LogP contribution >= 0.6 is 0 Å². The van der Waals surface area contributed by atoms with Gasteiger partial charge >= 0.3 is 6.09 Å². The SMILES string of the molecule is CCOC(=O)NCC1CCC2OC2C1. The van der Waals surface area contributed by atoms with Gasteiger partial charge in [0, 0.05) is 6.54 Å². The summed E-state index contributed by atoms with van der Waals surface area (Å²) in [6.07, 6.45) is 4.13. The standard InChI is InChI=1S/C10H17NO3/c1-2-13-10(12)11-6-7-3-4-8-9(5-7)14-8/h7-9H,2-6H2,1H3,(H,11,12). The number of carbonyl (C=O) groups excluding carboxylic acids is 1. The van der Waals surface area contributed by atoms with Crippen LogP contribution in [-0.2, 0) is 9.47 Å². The monoisotopic (exact) mass is 199 g/mol. The van der Waals surface area contributed by atoms with Crippen molar-refractivity contribution in [2.24, 2.45) is 5.92 Å². The average Bonchev–Trinajstić information content (AvgIpc) is 2.93. The van der Waals surface area contributed by atoms with Crippen LogP contribution in [0.25, 0.3) is 0 Å². The Bertz CT molecular complexity index is 219. The molecule has 1 saturated carbocycles. The molecule has 0 aromatic carbocycles. The van der Waals surface area contributed by atoms with Gasteiger partial charge in [-0.2, -0.15) is 0 Å². The van der Waals surface area contributed by atoms with E-state index >= 15 is 0 Å². The van der Waals surface area contributed by atoms with Crippen LogP contribution in [0.3, 0.4) is 0 Å². The van der Waals surface area contributed by atoms with Crippen molar-refractivity contribution in [3.8, 4) is 0 Å². The maximum atomic E-state index is 11.0. The molecule has 3 atom stereocenters. The van der Waals surface area contributed by atoms with Gasteiger partial charge in [0.1, 0.15) is 0 Å². The van der Waals surface area contributed by atoms with E-state index in [-0.39, 0.29) is 6.09 Å². The van der Waals surface area contributed by atoms with E-state index in [0.717, 1.165) is 25.8 Å². The number of fused-ring (bicyclic) bond motifs is 1. The lowest BCUT2D eigenvalue weighted by atomic mass is 9.89. The summed E-state index contributed by atoms with van der Waals surface area (Å²) in [6, 6.07) is 0. The maximum Gasteiger partial charge on any atom is 0.407 e. The summed E-state index contributed by atoms with van der Waals surface area (Å²) in [6.45, 7) is 2.97. The molecular formula is C10H17NO3. The second kappa shape index (κ2) is 4.17. The van der Waals surface area contributed by atoms with Crippen molar-refractivity contribution in [2.45, 2.75) is 38.4 Å². The summed E-state index contributed by atoms with van der Waals surface area (Å²) in [4.78, 5) is 11.0. The number of nitrogens with one attached hydrogen (secondary N) is 1. The van der Waals surface area contributed by atoms with Crippen molar-refractivity contribution in [3.05, 3.63) is 0 Å². The summed E-state index contributed by atoms with van der Waals surface area (Å²) >= 11 is 0. The number of epoxide rings is 1. The van der Waals surface area contributed by atoms with Gasteiger partial charge in [0.2, 0.25) is 0 Å². The molecule has 4 heteroatoms. The predicted molar refractivity (Wildman–Crippen MR) is 51.0 cm³/mol. The Morgan fingerprint density at radius 1 is 1.50 bits per heavy atom. The molecule has 0 bridgehead atoms. The molecule has 2 aliphatic rings. The van der Waals surface area contributed by atoms with Crippen molar-refractivity contribution in [1.82, 2.24) is 5.32 Å². The molecule has 80 valence electrons. The van der Waals surface area contributed by atoms with E-state index in [1.807, 2.05) is 6.92 Å². The maximum absolute atomic E-state index is 11.0. The molecule has 3 unspecified atom stereocenters. The molecule has 2 rings (SSSR count). The Balaban J connectivity index is 1.62. The first-order valence-corrected chi connectivity index (χ1v) is 5.35. The number of hydrogen-bond donors (Lipinski definition) is 1. The molecular weight excluding hydrogens is 182 g/mol. The van der Waals surface area contributed by atoms with Crippen molar-refractivity contribution in [2.75, 3.05) is 13.2 Å². The molecule has 1 aliphatic heterocycles. The minimum absolute atomic E-state index is 0.300. The molecule has 1 amide bonds. The minimum atomic E-state index is -0.300. The third-order valence-electron chi connectivity index (χ3n) is 2.92.